The maximum Gasteiger partial charge on any atom is 0.416 e. The molecule has 0 spiro atoms. The molecule has 144 valence electrons. The first-order chi connectivity index (χ1) is 12.8. The average Bonchev–Trinajstić information content (AvgIpc) is 3.21. The summed E-state index contributed by atoms with van der Waals surface area (Å²) in [6, 6.07) is 4.94. The first-order valence-corrected chi connectivity index (χ1v) is 9.27. The van der Waals surface area contributed by atoms with Crippen LogP contribution in [0.1, 0.15) is 29.4 Å². The topological polar surface area (TPSA) is 57.8 Å². The normalized spacial score (nSPS) is 11.9. The molecule has 2 heterocycles. The number of thiazole rings is 1. The fourth-order valence-corrected chi connectivity index (χ4v) is 3.65. The second-order valence-electron chi connectivity index (χ2n) is 5.99. The van der Waals surface area contributed by atoms with Crippen LogP contribution in [0.15, 0.2) is 35.8 Å². The van der Waals surface area contributed by atoms with Gasteiger partial charge < -0.3 is 10.0 Å². The zero-order valence-corrected chi connectivity index (χ0v) is 15.3. The van der Waals surface area contributed by atoms with Gasteiger partial charge >= 0.3 is 6.18 Å². The Labute approximate surface area is 157 Å². The molecule has 2 aromatic heterocycles. The lowest BCUT2D eigenvalue weighted by Crippen LogP contribution is -2.34. The number of nitrogens with zero attached hydrogens (tertiary/aromatic N) is 3. The third-order valence-corrected chi connectivity index (χ3v) is 4.90. The number of imidazole rings is 1. The van der Waals surface area contributed by atoms with E-state index >= 15 is 0 Å². The summed E-state index contributed by atoms with van der Waals surface area (Å²) in [5.74, 6) is -0.245. The van der Waals surface area contributed by atoms with Gasteiger partial charge in [-0.15, -0.1) is 11.3 Å². The third kappa shape index (κ3) is 3.98. The van der Waals surface area contributed by atoms with Crippen LogP contribution in [0, 0.1) is 0 Å². The van der Waals surface area contributed by atoms with E-state index in [2.05, 4.69) is 4.98 Å². The van der Waals surface area contributed by atoms with Crippen molar-refractivity contribution in [1.82, 2.24) is 14.3 Å². The van der Waals surface area contributed by atoms with Gasteiger partial charge in [0.25, 0.3) is 5.91 Å². The Balaban J connectivity index is 1.97. The number of aliphatic hydroxyl groups is 1. The average molecular weight is 397 g/mol. The van der Waals surface area contributed by atoms with Gasteiger partial charge in [-0.3, -0.25) is 9.20 Å². The summed E-state index contributed by atoms with van der Waals surface area (Å²) in [6.07, 6.45) is -2.12. The number of aromatic nitrogens is 2. The highest BCUT2D eigenvalue weighted by Crippen LogP contribution is 2.32. The van der Waals surface area contributed by atoms with E-state index in [0.29, 0.717) is 28.5 Å². The largest absolute Gasteiger partial charge is 0.416 e. The monoisotopic (exact) mass is 397 g/mol. The van der Waals surface area contributed by atoms with Crippen LogP contribution in [0.2, 0.25) is 0 Å². The molecule has 0 aliphatic carbocycles. The number of carbonyl (C=O) groups excluding carboxylic acids is 1. The van der Waals surface area contributed by atoms with Crippen LogP contribution in [0.4, 0.5) is 13.2 Å². The highest BCUT2D eigenvalue weighted by atomic mass is 32.1. The molecular weight excluding hydrogens is 379 g/mol. The van der Waals surface area contributed by atoms with Crippen LogP contribution < -0.4 is 0 Å². The van der Waals surface area contributed by atoms with Gasteiger partial charge in [-0.05, 0) is 18.6 Å². The highest BCUT2D eigenvalue weighted by Gasteiger charge is 2.30. The van der Waals surface area contributed by atoms with E-state index in [1.807, 2.05) is 6.92 Å². The summed E-state index contributed by atoms with van der Waals surface area (Å²) in [5.41, 5.74) is 0.332. The minimum atomic E-state index is -4.43. The number of aliphatic hydroxyl groups excluding tert-OH is 1. The fourth-order valence-electron chi connectivity index (χ4n) is 2.80. The lowest BCUT2D eigenvalue weighted by molar-refractivity contribution is -0.137. The lowest BCUT2D eigenvalue weighted by Gasteiger charge is -2.20. The van der Waals surface area contributed by atoms with Crippen molar-refractivity contribution in [2.24, 2.45) is 0 Å². The van der Waals surface area contributed by atoms with Crippen LogP contribution in [0.5, 0.6) is 0 Å². The van der Waals surface area contributed by atoms with Gasteiger partial charge in [0.15, 0.2) is 4.96 Å². The number of rotatable bonds is 6. The Morgan fingerprint density at radius 3 is 2.78 bits per heavy atom. The van der Waals surface area contributed by atoms with Gasteiger partial charge in [-0.2, -0.15) is 13.2 Å². The Morgan fingerprint density at radius 2 is 2.11 bits per heavy atom. The van der Waals surface area contributed by atoms with Crippen molar-refractivity contribution in [3.8, 4) is 11.3 Å². The van der Waals surface area contributed by atoms with Crippen molar-refractivity contribution >= 4 is 22.2 Å². The van der Waals surface area contributed by atoms with E-state index < -0.39 is 11.7 Å². The molecule has 27 heavy (non-hydrogen) atoms. The zero-order chi connectivity index (χ0) is 19.6. The summed E-state index contributed by atoms with van der Waals surface area (Å²) >= 11 is 1.24. The number of hydrogen-bond donors (Lipinski definition) is 1. The molecule has 0 atom stereocenters. The standard InChI is InChI=1S/C18H18F3N3O2S/c1-2-6-23(7-8-25)16(26)15-11-27-17-22-14(10-24(15)17)12-4-3-5-13(9-12)18(19,20)21/h3-5,9-11,25H,2,6-8H2,1H3. The summed E-state index contributed by atoms with van der Waals surface area (Å²) < 4.78 is 40.4. The second-order valence-corrected chi connectivity index (χ2v) is 6.83. The van der Waals surface area contributed by atoms with Crippen molar-refractivity contribution in [2.75, 3.05) is 19.7 Å². The molecule has 0 radical (unpaired) electrons. The number of carbonyl (C=O) groups is 1. The molecule has 0 saturated heterocycles. The summed E-state index contributed by atoms with van der Waals surface area (Å²) in [6.45, 7) is 2.52. The second kappa shape index (κ2) is 7.69. The molecule has 1 N–H and O–H groups in total. The summed E-state index contributed by atoms with van der Waals surface area (Å²) in [5, 5.41) is 10.8. The molecular formula is C18H18F3N3O2S. The number of amides is 1. The maximum atomic E-state index is 12.9. The Morgan fingerprint density at radius 1 is 1.33 bits per heavy atom. The molecule has 0 saturated carbocycles. The van der Waals surface area contributed by atoms with E-state index in [4.69, 9.17) is 5.11 Å². The van der Waals surface area contributed by atoms with Crippen LogP contribution >= 0.6 is 11.3 Å². The molecule has 0 aliphatic rings. The smallest absolute Gasteiger partial charge is 0.395 e. The van der Waals surface area contributed by atoms with Gasteiger partial charge in [-0.1, -0.05) is 19.1 Å². The number of alkyl halides is 3. The third-order valence-electron chi connectivity index (χ3n) is 4.06. The first-order valence-electron chi connectivity index (χ1n) is 8.39. The van der Waals surface area contributed by atoms with Crippen molar-refractivity contribution in [1.29, 1.82) is 0 Å². The van der Waals surface area contributed by atoms with E-state index in [0.717, 1.165) is 18.6 Å². The first kappa shape index (κ1) is 19.4. The van der Waals surface area contributed by atoms with Crippen molar-refractivity contribution < 1.29 is 23.1 Å². The fraction of sp³-hybridized carbons (Fsp3) is 0.333. The highest BCUT2D eigenvalue weighted by molar-refractivity contribution is 7.15. The van der Waals surface area contributed by atoms with Gasteiger partial charge in [0, 0.05) is 30.2 Å². The lowest BCUT2D eigenvalue weighted by atomic mass is 10.1. The quantitative estimate of drug-likeness (QED) is 0.686. The van der Waals surface area contributed by atoms with E-state index in [1.165, 1.54) is 17.4 Å². The van der Waals surface area contributed by atoms with Gasteiger partial charge in [0.05, 0.1) is 17.9 Å². The predicted octanol–water partition coefficient (Wildman–Crippen LogP) is 3.93. The van der Waals surface area contributed by atoms with Gasteiger partial charge in [-0.25, -0.2) is 4.98 Å². The molecule has 5 nitrogen and oxygen atoms in total. The van der Waals surface area contributed by atoms with Crippen LogP contribution in [0.25, 0.3) is 16.2 Å². The molecule has 9 heteroatoms. The number of halogens is 3. The molecule has 1 amide bonds. The molecule has 3 aromatic rings. The number of benzene rings is 1. The number of hydrogen-bond acceptors (Lipinski definition) is 4. The predicted molar refractivity (Wildman–Crippen MR) is 96.8 cm³/mol. The SMILES string of the molecule is CCCN(CCO)C(=O)c1csc2nc(-c3cccc(C(F)(F)F)c3)cn12. The maximum absolute atomic E-state index is 12.9. The van der Waals surface area contributed by atoms with E-state index in [9.17, 15) is 18.0 Å². The molecule has 0 fully saturated rings. The van der Waals surface area contributed by atoms with Crippen LogP contribution in [-0.4, -0.2) is 45.0 Å². The minimum absolute atomic E-state index is 0.140. The summed E-state index contributed by atoms with van der Waals surface area (Å²) in [4.78, 5) is 19.2. The van der Waals surface area contributed by atoms with Gasteiger partial charge in [0.1, 0.15) is 5.69 Å². The Bertz CT molecular complexity index is 943. The van der Waals surface area contributed by atoms with Crippen molar-refractivity contribution in [3.63, 3.8) is 0 Å². The van der Waals surface area contributed by atoms with Crippen molar-refractivity contribution in [2.45, 2.75) is 19.5 Å². The van der Waals surface area contributed by atoms with Gasteiger partial charge in [0.2, 0.25) is 0 Å². The number of fused-ring (bicyclic) bond motifs is 1. The molecule has 1 aromatic carbocycles. The van der Waals surface area contributed by atoms with Crippen molar-refractivity contribution in [3.05, 3.63) is 47.1 Å². The minimum Gasteiger partial charge on any atom is -0.395 e. The Hall–Kier alpha value is -2.39. The molecule has 0 aliphatic heterocycles. The van der Waals surface area contributed by atoms with Crippen LogP contribution in [-0.2, 0) is 6.18 Å². The molecule has 0 bridgehead atoms. The van der Waals surface area contributed by atoms with Crippen LogP contribution in [0.3, 0.4) is 0 Å². The van der Waals surface area contributed by atoms with E-state index in [-0.39, 0.29) is 19.1 Å². The summed E-state index contributed by atoms with van der Waals surface area (Å²) in [7, 11) is 0. The van der Waals surface area contributed by atoms with E-state index in [1.54, 1.807) is 26.9 Å². The molecule has 0 unspecified atom stereocenters. The Kier molecular flexibility index (Phi) is 5.52. The zero-order valence-electron chi connectivity index (χ0n) is 14.5. The molecule has 3 rings (SSSR count).